The van der Waals surface area contributed by atoms with Crippen molar-refractivity contribution < 1.29 is 14.4 Å². The van der Waals surface area contributed by atoms with Crippen molar-refractivity contribution in [1.29, 1.82) is 0 Å². The smallest absolute Gasteiger partial charge is 0.225 e. The first-order chi connectivity index (χ1) is 13.1. The summed E-state index contributed by atoms with van der Waals surface area (Å²) < 4.78 is 0. The number of hydrogen-bond donors (Lipinski definition) is 5. The van der Waals surface area contributed by atoms with Crippen molar-refractivity contribution >= 4 is 46.3 Å². The quantitative estimate of drug-likeness (QED) is 0.301. The number of H-pyrrole nitrogens is 1. The van der Waals surface area contributed by atoms with Crippen LogP contribution in [0, 0.1) is 0 Å². The van der Waals surface area contributed by atoms with E-state index in [1.54, 1.807) is 42.5 Å². The van der Waals surface area contributed by atoms with Crippen LogP contribution in [0.25, 0.3) is 11.0 Å². The van der Waals surface area contributed by atoms with Crippen LogP contribution in [0.15, 0.2) is 42.5 Å². The van der Waals surface area contributed by atoms with Crippen LogP contribution >= 0.6 is 0 Å². The van der Waals surface area contributed by atoms with Crippen molar-refractivity contribution in [3.05, 3.63) is 42.5 Å². The maximum atomic E-state index is 12.0. The summed E-state index contributed by atoms with van der Waals surface area (Å²) in [6, 6.07) is 11.9. The van der Waals surface area contributed by atoms with Crippen molar-refractivity contribution in [3.8, 4) is 0 Å². The Morgan fingerprint density at radius 1 is 0.852 bits per heavy atom. The molecule has 0 radical (unpaired) electrons. The number of benzene rings is 2. The Morgan fingerprint density at radius 2 is 1.44 bits per heavy atom. The molecule has 10 heteroatoms. The second-order valence-electron chi connectivity index (χ2n) is 5.59. The van der Waals surface area contributed by atoms with Gasteiger partial charge in [-0.15, -0.1) is 0 Å². The molecular formula is C17H17N7O3. The van der Waals surface area contributed by atoms with Crippen molar-refractivity contribution in [1.82, 2.24) is 20.8 Å². The lowest BCUT2D eigenvalue weighted by molar-refractivity contribution is -0.121. The van der Waals surface area contributed by atoms with Gasteiger partial charge < -0.3 is 10.6 Å². The normalized spacial score (nSPS) is 10.2. The summed E-state index contributed by atoms with van der Waals surface area (Å²) in [5.41, 5.74) is 8.17. The third-order valence-corrected chi connectivity index (χ3v) is 3.62. The Morgan fingerprint density at radius 3 is 2.15 bits per heavy atom. The summed E-state index contributed by atoms with van der Waals surface area (Å²) in [7, 11) is 0. The summed E-state index contributed by atoms with van der Waals surface area (Å²) in [5, 5.41) is 15.8. The highest BCUT2D eigenvalue weighted by Crippen LogP contribution is 2.16. The molecule has 3 rings (SSSR count). The molecule has 2 aromatic carbocycles. The van der Waals surface area contributed by atoms with Crippen LogP contribution in [0.1, 0.15) is 12.8 Å². The second-order valence-corrected chi connectivity index (χ2v) is 5.59. The SMILES string of the molecule is O=CNNc1ccc(NC(=O)CCC(=O)Nc2ccc3n[nH]nc3c2)cc1. The molecule has 0 spiro atoms. The van der Waals surface area contributed by atoms with Crippen LogP contribution < -0.4 is 21.5 Å². The van der Waals surface area contributed by atoms with Crippen LogP contribution in [0.3, 0.4) is 0 Å². The predicted molar refractivity (Wildman–Crippen MR) is 99.6 cm³/mol. The van der Waals surface area contributed by atoms with Crippen LogP contribution in [-0.2, 0) is 14.4 Å². The van der Waals surface area contributed by atoms with E-state index in [4.69, 9.17) is 0 Å². The minimum atomic E-state index is -0.274. The molecule has 5 N–H and O–H groups in total. The van der Waals surface area contributed by atoms with Gasteiger partial charge in [0.25, 0.3) is 0 Å². The van der Waals surface area contributed by atoms with Gasteiger partial charge >= 0.3 is 0 Å². The van der Waals surface area contributed by atoms with Crippen LogP contribution in [-0.4, -0.2) is 33.6 Å². The first kappa shape index (κ1) is 17.9. The van der Waals surface area contributed by atoms with E-state index >= 15 is 0 Å². The topological polar surface area (TPSA) is 141 Å². The van der Waals surface area contributed by atoms with Gasteiger partial charge in [0.15, 0.2) is 0 Å². The van der Waals surface area contributed by atoms with Crippen LogP contribution in [0.5, 0.6) is 0 Å². The summed E-state index contributed by atoms with van der Waals surface area (Å²) in [6.45, 7) is 0. The minimum Gasteiger partial charge on any atom is -0.326 e. The molecule has 0 aliphatic rings. The number of aromatic nitrogens is 3. The van der Waals surface area contributed by atoms with E-state index < -0.39 is 0 Å². The van der Waals surface area contributed by atoms with Crippen molar-refractivity contribution in [2.24, 2.45) is 0 Å². The highest BCUT2D eigenvalue weighted by Gasteiger charge is 2.09. The largest absolute Gasteiger partial charge is 0.326 e. The number of hydrogen-bond acceptors (Lipinski definition) is 6. The molecule has 0 aliphatic heterocycles. The van der Waals surface area contributed by atoms with Gasteiger partial charge in [-0.25, -0.2) is 0 Å². The van der Waals surface area contributed by atoms with Crippen molar-refractivity contribution in [3.63, 3.8) is 0 Å². The highest BCUT2D eigenvalue weighted by molar-refractivity contribution is 5.97. The standard InChI is InChI=1S/C17H17N7O3/c25-10-18-21-12-3-1-11(2-4-12)19-16(26)7-8-17(27)20-13-5-6-14-15(9-13)23-24-22-14/h1-6,9-10,21H,7-8H2,(H,18,25)(H,19,26)(H,20,27)(H,22,23,24). The molecule has 10 nitrogen and oxygen atoms in total. The maximum Gasteiger partial charge on any atom is 0.225 e. The molecule has 1 heterocycles. The zero-order chi connectivity index (χ0) is 19.1. The maximum absolute atomic E-state index is 12.0. The number of carbonyl (C=O) groups excluding carboxylic acids is 3. The number of rotatable bonds is 8. The van der Waals surface area contributed by atoms with Gasteiger partial charge in [0.05, 0.1) is 5.69 Å². The van der Waals surface area contributed by atoms with Crippen molar-refractivity contribution in [2.45, 2.75) is 12.8 Å². The number of nitrogens with one attached hydrogen (secondary N) is 5. The number of nitrogens with zero attached hydrogens (tertiary/aromatic N) is 2. The van der Waals surface area contributed by atoms with E-state index in [0.29, 0.717) is 34.5 Å². The first-order valence-corrected chi connectivity index (χ1v) is 8.09. The Labute approximate surface area is 153 Å². The molecule has 0 saturated carbocycles. The number of anilines is 3. The molecule has 0 atom stereocenters. The van der Waals surface area contributed by atoms with Crippen LogP contribution in [0.2, 0.25) is 0 Å². The number of hydrazine groups is 1. The Hall–Kier alpha value is -3.95. The molecule has 0 unspecified atom stereocenters. The number of carbonyl (C=O) groups is 3. The fraction of sp³-hybridized carbons (Fsp3) is 0.118. The molecule has 138 valence electrons. The third kappa shape index (κ3) is 5.01. The second kappa shape index (κ2) is 8.43. The molecule has 0 aliphatic carbocycles. The van der Waals surface area contributed by atoms with Gasteiger partial charge in [0.1, 0.15) is 11.0 Å². The highest BCUT2D eigenvalue weighted by atomic mass is 16.2. The average Bonchev–Trinajstić information content (AvgIpc) is 3.14. The van der Waals surface area contributed by atoms with E-state index in [9.17, 15) is 14.4 Å². The first-order valence-electron chi connectivity index (χ1n) is 8.09. The van der Waals surface area contributed by atoms with Gasteiger partial charge in [0, 0.05) is 24.2 Å². The van der Waals surface area contributed by atoms with E-state index in [1.807, 2.05) is 0 Å². The molecular weight excluding hydrogens is 350 g/mol. The monoisotopic (exact) mass is 367 g/mol. The molecule has 0 fully saturated rings. The van der Waals surface area contributed by atoms with E-state index in [0.717, 1.165) is 0 Å². The molecule has 27 heavy (non-hydrogen) atoms. The van der Waals surface area contributed by atoms with Gasteiger partial charge in [-0.2, -0.15) is 15.4 Å². The lowest BCUT2D eigenvalue weighted by Gasteiger charge is -2.08. The third-order valence-electron chi connectivity index (χ3n) is 3.62. The summed E-state index contributed by atoms with van der Waals surface area (Å²) in [5.74, 6) is -0.545. The minimum absolute atomic E-state index is 0.0464. The molecule has 0 bridgehead atoms. The van der Waals surface area contributed by atoms with E-state index in [1.165, 1.54) is 0 Å². The van der Waals surface area contributed by atoms with Gasteiger partial charge in [0.2, 0.25) is 18.2 Å². The Balaban J connectivity index is 1.45. The van der Waals surface area contributed by atoms with Crippen LogP contribution in [0.4, 0.5) is 17.1 Å². The zero-order valence-electron chi connectivity index (χ0n) is 14.2. The molecule has 1 aromatic heterocycles. The Bertz CT molecular complexity index is 953. The summed E-state index contributed by atoms with van der Waals surface area (Å²) in [4.78, 5) is 34.2. The fourth-order valence-corrected chi connectivity index (χ4v) is 2.34. The molecule has 0 saturated heterocycles. The number of aromatic amines is 1. The summed E-state index contributed by atoms with van der Waals surface area (Å²) >= 11 is 0. The van der Waals surface area contributed by atoms with Gasteiger partial charge in [-0.05, 0) is 42.5 Å². The fourth-order valence-electron chi connectivity index (χ4n) is 2.34. The Kier molecular flexibility index (Phi) is 5.57. The number of fused-ring (bicyclic) bond motifs is 1. The predicted octanol–water partition coefficient (Wildman–Crippen LogP) is 1.39. The lowest BCUT2D eigenvalue weighted by atomic mass is 10.2. The summed E-state index contributed by atoms with van der Waals surface area (Å²) in [6.07, 6.45) is 0.612. The molecule has 3 aromatic rings. The van der Waals surface area contributed by atoms with Crippen molar-refractivity contribution in [2.75, 3.05) is 16.1 Å². The lowest BCUT2D eigenvalue weighted by Crippen LogP contribution is -2.19. The van der Waals surface area contributed by atoms with Gasteiger partial charge in [-0.3, -0.25) is 25.2 Å². The van der Waals surface area contributed by atoms with E-state index in [2.05, 4.69) is 36.9 Å². The zero-order valence-corrected chi connectivity index (χ0v) is 14.2. The average molecular weight is 367 g/mol. The van der Waals surface area contributed by atoms with Gasteiger partial charge in [-0.1, -0.05) is 0 Å². The molecule has 3 amide bonds. The van der Waals surface area contributed by atoms with E-state index in [-0.39, 0.29) is 24.7 Å². The number of amides is 3.